The molecule has 0 unspecified atom stereocenters. The van der Waals surface area contributed by atoms with Crippen LogP contribution >= 0.6 is 18.7 Å². The lowest BCUT2D eigenvalue weighted by atomic mass is 10.1. The molecule has 0 saturated heterocycles. The average Bonchev–Trinajstić information content (AvgIpc) is 2.81. The number of halogens is 2. The Morgan fingerprint density at radius 2 is 1.88 bits per heavy atom. The molecule has 0 aliphatic rings. The molecule has 33 heavy (non-hydrogen) atoms. The van der Waals surface area contributed by atoms with E-state index in [1.807, 2.05) is 32.0 Å². The van der Waals surface area contributed by atoms with Gasteiger partial charge in [-0.1, -0.05) is 37.6 Å². The molecule has 0 spiro atoms. The number of nitrogens with zero attached hydrogens (tertiary/aromatic N) is 2. The number of hydrogen-bond acceptors (Lipinski definition) is 7. The molecule has 0 aliphatic heterocycles. The molecular weight excluding hydrogens is 470 g/mol. The van der Waals surface area contributed by atoms with Gasteiger partial charge in [0.05, 0.1) is 30.2 Å². The zero-order valence-corrected chi connectivity index (χ0v) is 19.9. The third-order valence-corrected chi connectivity index (χ3v) is 8.72. The average molecular weight is 493 g/mol. The number of anilines is 4. The van der Waals surface area contributed by atoms with Gasteiger partial charge in [0.1, 0.15) is 23.7 Å². The maximum atomic E-state index is 14.2. The smallest absolute Gasteiger partial charge is 0.338 e. The number of carboxylic acids is 1. The number of aromatic nitrogens is 2. The number of para-hydroxylation sites is 1. The monoisotopic (exact) mass is 492 g/mol. The van der Waals surface area contributed by atoms with Crippen molar-refractivity contribution in [2.45, 2.75) is 13.8 Å². The van der Waals surface area contributed by atoms with Gasteiger partial charge in [0.25, 0.3) is 0 Å². The summed E-state index contributed by atoms with van der Waals surface area (Å²) in [5.41, 5.74) is 0.227. The molecule has 8 nitrogen and oxygen atoms in total. The fraction of sp³-hybridized carbons (Fsp3) is 0.227. The summed E-state index contributed by atoms with van der Waals surface area (Å²) in [4.78, 5) is 19.6. The third-order valence-electron chi connectivity index (χ3n) is 5.13. The molecule has 0 atom stereocenters. The highest BCUT2D eigenvalue weighted by molar-refractivity contribution is 7.71. The molecule has 1 heterocycles. The molecule has 0 saturated carbocycles. The van der Waals surface area contributed by atoms with E-state index in [0.29, 0.717) is 23.3 Å². The van der Waals surface area contributed by atoms with Crippen molar-refractivity contribution in [1.82, 2.24) is 9.97 Å². The highest BCUT2D eigenvalue weighted by atomic mass is 35.5. The third kappa shape index (κ3) is 5.26. The number of nitrogens with one attached hydrogen (secondary N) is 2. The number of methoxy groups -OCH3 is 1. The number of aromatic carboxylic acids is 1. The summed E-state index contributed by atoms with van der Waals surface area (Å²) in [6.45, 7) is 3.78. The summed E-state index contributed by atoms with van der Waals surface area (Å²) >= 11 is 6.29. The predicted molar refractivity (Wildman–Crippen MR) is 128 cm³/mol. The van der Waals surface area contributed by atoms with Crippen molar-refractivity contribution < 1.29 is 23.6 Å². The van der Waals surface area contributed by atoms with Crippen LogP contribution in [-0.2, 0) is 4.57 Å². The topological polar surface area (TPSA) is 113 Å². The maximum absolute atomic E-state index is 14.2. The van der Waals surface area contributed by atoms with E-state index >= 15 is 0 Å². The van der Waals surface area contributed by atoms with Gasteiger partial charge in [-0.15, -0.1) is 0 Å². The highest BCUT2D eigenvalue weighted by Crippen LogP contribution is 2.46. The van der Waals surface area contributed by atoms with Gasteiger partial charge in [-0.05, 0) is 18.2 Å². The van der Waals surface area contributed by atoms with E-state index in [1.165, 1.54) is 13.3 Å². The molecular formula is C22H23ClFN4O4P. The first-order valence-electron chi connectivity index (χ1n) is 10.1. The van der Waals surface area contributed by atoms with Crippen LogP contribution < -0.4 is 20.7 Å². The van der Waals surface area contributed by atoms with Gasteiger partial charge in [-0.2, -0.15) is 4.98 Å². The largest absolute Gasteiger partial charge is 0.495 e. The Hall–Kier alpha value is -3.16. The van der Waals surface area contributed by atoms with Crippen molar-refractivity contribution in [3.05, 3.63) is 59.0 Å². The van der Waals surface area contributed by atoms with Gasteiger partial charge < -0.3 is 25.0 Å². The Bertz CT molecular complexity index is 1230. The second-order valence-electron chi connectivity index (χ2n) is 7.02. The van der Waals surface area contributed by atoms with E-state index in [9.17, 15) is 13.8 Å². The summed E-state index contributed by atoms with van der Waals surface area (Å²) in [5, 5.41) is 16.0. The molecule has 11 heteroatoms. The number of rotatable bonds is 9. The van der Waals surface area contributed by atoms with Crippen LogP contribution in [-0.4, -0.2) is 40.5 Å². The molecule has 0 amide bonds. The Kier molecular flexibility index (Phi) is 7.56. The minimum absolute atomic E-state index is 0.0642. The Balaban J connectivity index is 1.97. The lowest BCUT2D eigenvalue weighted by molar-refractivity contribution is 0.0691. The standard InChI is InChI=1S/C22H23ClFN4O4P/c1-4-33(31,5-2)19-9-7-6-8-16(19)26-20-14(23)12-25-22(28-20)27-17-11-15(24)13(21(29)30)10-18(17)32-3/h6-12H,4-5H2,1-3H3,(H,29,30)(H2,25,26,27,28). The second-order valence-corrected chi connectivity index (χ2v) is 10.9. The van der Waals surface area contributed by atoms with Crippen LogP contribution in [0.15, 0.2) is 42.6 Å². The van der Waals surface area contributed by atoms with E-state index < -0.39 is 24.5 Å². The summed E-state index contributed by atoms with van der Waals surface area (Å²) in [5.74, 6) is -1.95. The van der Waals surface area contributed by atoms with Crippen LogP contribution in [0.4, 0.5) is 27.5 Å². The van der Waals surface area contributed by atoms with Crippen molar-refractivity contribution in [2.24, 2.45) is 0 Å². The van der Waals surface area contributed by atoms with Gasteiger partial charge in [0, 0.05) is 23.7 Å². The van der Waals surface area contributed by atoms with E-state index in [2.05, 4.69) is 20.6 Å². The molecule has 3 aromatic rings. The fourth-order valence-electron chi connectivity index (χ4n) is 3.25. The molecule has 0 radical (unpaired) electrons. The van der Waals surface area contributed by atoms with E-state index in [4.69, 9.17) is 21.4 Å². The molecule has 0 fully saturated rings. The van der Waals surface area contributed by atoms with E-state index in [0.717, 1.165) is 12.1 Å². The van der Waals surface area contributed by atoms with Gasteiger partial charge >= 0.3 is 5.97 Å². The van der Waals surface area contributed by atoms with Crippen molar-refractivity contribution in [3.63, 3.8) is 0 Å². The molecule has 174 valence electrons. The SMILES string of the molecule is CCP(=O)(CC)c1ccccc1Nc1nc(Nc2cc(F)c(C(=O)O)cc2OC)ncc1Cl. The lowest BCUT2D eigenvalue weighted by Gasteiger charge is -2.20. The summed E-state index contributed by atoms with van der Waals surface area (Å²) in [6, 6.07) is 9.31. The number of hydrogen-bond donors (Lipinski definition) is 3. The zero-order valence-electron chi connectivity index (χ0n) is 18.2. The first-order chi connectivity index (χ1) is 15.7. The maximum Gasteiger partial charge on any atom is 0.338 e. The predicted octanol–water partition coefficient (Wildman–Crippen LogP) is 5.49. The minimum Gasteiger partial charge on any atom is -0.495 e. The minimum atomic E-state index is -2.59. The second kappa shape index (κ2) is 10.2. The first kappa shape index (κ1) is 24.5. The molecule has 0 aliphatic carbocycles. The molecule has 1 aromatic heterocycles. The fourth-order valence-corrected chi connectivity index (χ4v) is 5.44. The quantitative estimate of drug-likeness (QED) is 0.336. The number of benzene rings is 2. The highest BCUT2D eigenvalue weighted by Gasteiger charge is 2.24. The number of carbonyl (C=O) groups is 1. The summed E-state index contributed by atoms with van der Waals surface area (Å²) in [7, 11) is -1.26. The van der Waals surface area contributed by atoms with Gasteiger partial charge in [0.2, 0.25) is 5.95 Å². The normalized spacial score (nSPS) is 11.2. The van der Waals surface area contributed by atoms with E-state index in [1.54, 1.807) is 6.07 Å². The Labute approximate surface area is 195 Å². The van der Waals surface area contributed by atoms with Gasteiger partial charge in [-0.25, -0.2) is 14.2 Å². The van der Waals surface area contributed by atoms with E-state index in [-0.39, 0.29) is 28.2 Å². The molecule has 3 N–H and O–H groups in total. The van der Waals surface area contributed by atoms with Crippen molar-refractivity contribution in [1.29, 1.82) is 0 Å². The summed E-state index contributed by atoms with van der Waals surface area (Å²) < 4.78 is 32.7. The lowest BCUT2D eigenvalue weighted by Crippen LogP contribution is -2.14. The Morgan fingerprint density at radius 3 is 2.52 bits per heavy atom. The number of ether oxygens (including phenoxy) is 1. The molecule has 3 rings (SSSR count). The molecule has 0 bridgehead atoms. The van der Waals surface area contributed by atoms with Crippen LogP contribution in [0.25, 0.3) is 0 Å². The van der Waals surface area contributed by atoms with Crippen LogP contribution in [0.3, 0.4) is 0 Å². The van der Waals surface area contributed by atoms with Crippen LogP contribution in [0.2, 0.25) is 5.02 Å². The molecule has 2 aromatic carbocycles. The summed E-state index contributed by atoms with van der Waals surface area (Å²) in [6.07, 6.45) is 2.39. The van der Waals surface area contributed by atoms with Crippen LogP contribution in [0.5, 0.6) is 5.75 Å². The van der Waals surface area contributed by atoms with Crippen molar-refractivity contribution in [3.8, 4) is 5.75 Å². The van der Waals surface area contributed by atoms with Gasteiger partial charge in [-0.3, -0.25) is 0 Å². The number of carboxylic acid groups (broad SMARTS) is 1. The van der Waals surface area contributed by atoms with Gasteiger partial charge in [0.15, 0.2) is 5.82 Å². The van der Waals surface area contributed by atoms with Crippen LogP contribution in [0.1, 0.15) is 24.2 Å². The Morgan fingerprint density at radius 1 is 1.18 bits per heavy atom. The zero-order chi connectivity index (χ0) is 24.2. The van der Waals surface area contributed by atoms with Crippen molar-refractivity contribution >= 4 is 53.2 Å². The van der Waals surface area contributed by atoms with Crippen molar-refractivity contribution in [2.75, 3.05) is 30.1 Å². The van der Waals surface area contributed by atoms with Crippen LogP contribution in [0, 0.1) is 5.82 Å². The first-order valence-corrected chi connectivity index (χ1v) is 12.5.